The van der Waals surface area contributed by atoms with Gasteiger partial charge in [-0.15, -0.1) is 0 Å². The number of aromatic amines is 1. The van der Waals surface area contributed by atoms with Crippen LogP contribution in [0.4, 0.5) is 0 Å². The summed E-state index contributed by atoms with van der Waals surface area (Å²) < 4.78 is 0. The molecule has 2 rings (SSSR count). The monoisotopic (exact) mass is 206 g/mol. The molecule has 0 spiro atoms. The molecule has 0 radical (unpaired) electrons. The minimum Gasteiger partial charge on any atom is -0.336 e. The molecular formula is C10H7ClN2O. The normalized spacial score (nSPS) is 10.1. The number of benzene rings is 1. The summed E-state index contributed by atoms with van der Waals surface area (Å²) in [5.41, 5.74) is 1.76. The second-order valence-electron chi connectivity index (χ2n) is 2.81. The molecule has 14 heavy (non-hydrogen) atoms. The summed E-state index contributed by atoms with van der Waals surface area (Å²) in [6, 6.07) is 7.31. The summed E-state index contributed by atoms with van der Waals surface area (Å²) in [7, 11) is 0. The molecule has 1 aromatic heterocycles. The van der Waals surface area contributed by atoms with E-state index in [4.69, 9.17) is 11.6 Å². The first-order chi connectivity index (χ1) is 6.79. The van der Waals surface area contributed by atoms with Gasteiger partial charge in [0.05, 0.1) is 11.9 Å². The van der Waals surface area contributed by atoms with Crippen LogP contribution in [-0.4, -0.2) is 16.3 Å². The highest BCUT2D eigenvalue weighted by Crippen LogP contribution is 2.19. The van der Waals surface area contributed by atoms with Crippen LogP contribution in [0.3, 0.4) is 0 Å². The molecule has 0 atom stereocenters. The van der Waals surface area contributed by atoms with E-state index in [2.05, 4.69) is 9.97 Å². The average Bonchev–Trinajstić information content (AvgIpc) is 2.67. The van der Waals surface area contributed by atoms with Crippen molar-refractivity contribution in [2.45, 2.75) is 0 Å². The van der Waals surface area contributed by atoms with Gasteiger partial charge in [-0.05, 0) is 17.7 Å². The molecule has 0 saturated heterocycles. The lowest BCUT2D eigenvalue weighted by atomic mass is 10.2. The lowest BCUT2D eigenvalue weighted by Crippen LogP contribution is -1.81. The zero-order chi connectivity index (χ0) is 9.97. The van der Waals surface area contributed by atoms with Gasteiger partial charge in [0.25, 0.3) is 0 Å². The Morgan fingerprint density at radius 3 is 2.57 bits per heavy atom. The molecule has 2 aromatic rings. The van der Waals surface area contributed by atoms with Gasteiger partial charge >= 0.3 is 0 Å². The summed E-state index contributed by atoms with van der Waals surface area (Å²) in [4.78, 5) is 17.1. The van der Waals surface area contributed by atoms with E-state index in [1.54, 1.807) is 18.3 Å². The van der Waals surface area contributed by atoms with E-state index < -0.39 is 0 Å². The second-order valence-corrected chi connectivity index (χ2v) is 3.24. The fourth-order valence-corrected chi connectivity index (χ4v) is 1.30. The molecule has 1 heterocycles. The number of hydrogen-bond acceptors (Lipinski definition) is 2. The van der Waals surface area contributed by atoms with Crippen LogP contribution in [0.1, 0.15) is 10.6 Å². The van der Waals surface area contributed by atoms with Crippen molar-refractivity contribution >= 4 is 17.9 Å². The van der Waals surface area contributed by atoms with Gasteiger partial charge in [0.15, 0.2) is 12.1 Å². The van der Waals surface area contributed by atoms with E-state index in [1.807, 2.05) is 12.1 Å². The van der Waals surface area contributed by atoms with E-state index in [0.29, 0.717) is 17.1 Å². The molecule has 70 valence electrons. The number of imidazole rings is 1. The minimum atomic E-state index is 0.329. The predicted octanol–water partition coefficient (Wildman–Crippen LogP) is 2.54. The number of nitrogens with one attached hydrogen (secondary N) is 1. The van der Waals surface area contributed by atoms with Crippen LogP contribution in [0.25, 0.3) is 11.3 Å². The van der Waals surface area contributed by atoms with Crippen LogP contribution in [0.15, 0.2) is 30.5 Å². The van der Waals surface area contributed by atoms with Crippen molar-refractivity contribution in [1.82, 2.24) is 9.97 Å². The number of aromatic nitrogens is 2. The molecule has 1 N–H and O–H groups in total. The predicted molar refractivity (Wildman–Crippen MR) is 54.4 cm³/mol. The Kier molecular flexibility index (Phi) is 2.33. The van der Waals surface area contributed by atoms with Crippen LogP contribution in [0.2, 0.25) is 5.02 Å². The quantitative estimate of drug-likeness (QED) is 0.768. The van der Waals surface area contributed by atoms with Gasteiger partial charge < -0.3 is 4.98 Å². The third-order valence-electron chi connectivity index (χ3n) is 1.86. The summed E-state index contributed by atoms with van der Waals surface area (Å²) in [6.07, 6.45) is 2.30. The number of rotatable bonds is 2. The summed E-state index contributed by atoms with van der Waals surface area (Å²) in [6.45, 7) is 0. The van der Waals surface area contributed by atoms with Crippen molar-refractivity contribution < 1.29 is 4.79 Å². The lowest BCUT2D eigenvalue weighted by Gasteiger charge is -1.96. The topological polar surface area (TPSA) is 45.8 Å². The fourth-order valence-electron chi connectivity index (χ4n) is 1.17. The van der Waals surface area contributed by atoms with E-state index in [1.165, 1.54) is 0 Å². The zero-order valence-electron chi connectivity index (χ0n) is 7.20. The van der Waals surface area contributed by atoms with Crippen LogP contribution in [0, 0.1) is 0 Å². The Morgan fingerprint density at radius 2 is 2.00 bits per heavy atom. The minimum absolute atomic E-state index is 0.329. The smallest absolute Gasteiger partial charge is 0.185 e. The van der Waals surface area contributed by atoms with E-state index in [9.17, 15) is 4.79 Å². The molecule has 0 aliphatic heterocycles. The second kappa shape index (κ2) is 3.64. The Balaban J connectivity index is 2.39. The molecule has 1 aromatic carbocycles. The van der Waals surface area contributed by atoms with Gasteiger partial charge in [-0.3, -0.25) is 4.79 Å². The number of carbonyl (C=O) groups is 1. The van der Waals surface area contributed by atoms with E-state index in [-0.39, 0.29) is 0 Å². The lowest BCUT2D eigenvalue weighted by molar-refractivity contribution is 0.111. The number of nitrogens with zero attached hydrogens (tertiary/aromatic N) is 1. The van der Waals surface area contributed by atoms with Crippen LogP contribution in [-0.2, 0) is 0 Å². The fraction of sp³-hybridized carbons (Fsp3) is 0. The molecule has 0 aliphatic rings. The van der Waals surface area contributed by atoms with Gasteiger partial charge in [-0.1, -0.05) is 23.7 Å². The highest BCUT2D eigenvalue weighted by Gasteiger charge is 2.01. The van der Waals surface area contributed by atoms with Gasteiger partial charge in [-0.2, -0.15) is 0 Å². The van der Waals surface area contributed by atoms with E-state index >= 15 is 0 Å². The first kappa shape index (κ1) is 8.97. The van der Waals surface area contributed by atoms with Crippen molar-refractivity contribution in [3.8, 4) is 11.3 Å². The Labute approximate surface area is 85.7 Å². The molecule has 0 unspecified atom stereocenters. The molecule has 0 fully saturated rings. The SMILES string of the molecule is O=Cc1ncc(-c2ccc(Cl)cc2)[nH]1. The Morgan fingerprint density at radius 1 is 1.29 bits per heavy atom. The van der Waals surface area contributed by atoms with Crippen LogP contribution < -0.4 is 0 Å². The van der Waals surface area contributed by atoms with Crippen LogP contribution >= 0.6 is 11.6 Å². The highest BCUT2D eigenvalue weighted by atomic mass is 35.5. The van der Waals surface area contributed by atoms with E-state index in [0.717, 1.165) is 11.3 Å². The molecule has 0 aliphatic carbocycles. The number of hydrogen-bond donors (Lipinski definition) is 1. The molecule has 4 heteroatoms. The van der Waals surface area contributed by atoms with Crippen molar-refractivity contribution in [3.63, 3.8) is 0 Å². The maximum atomic E-state index is 10.4. The summed E-state index contributed by atoms with van der Waals surface area (Å²) in [5, 5.41) is 0.684. The Hall–Kier alpha value is -1.61. The van der Waals surface area contributed by atoms with Gasteiger partial charge in [-0.25, -0.2) is 4.98 Å². The van der Waals surface area contributed by atoms with Crippen LogP contribution in [0.5, 0.6) is 0 Å². The first-order valence-electron chi connectivity index (χ1n) is 4.06. The van der Waals surface area contributed by atoms with Gasteiger partial charge in [0.1, 0.15) is 0 Å². The zero-order valence-corrected chi connectivity index (χ0v) is 7.95. The number of aldehydes is 1. The Bertz CT molecular complexity index is 447. The number of H-pyrrole nitrogens is 1. The average molecular weight is 207 g/mol. The first-order valence-corrected chi connectivity index (χ1v) is 4.43. The highest BCUT2D eigenvalue weighted by molar-refractivity contribution is 6.30. The van der Waals surface area contributed by atoms with Crippen molar-refractivity contribution in [2.75, 3.05) is 0 Å². The van der Waals surface area contributed by atoms with Crippen molar-refractivity contribution in [1.29, 1.82) is 0 Å². The molecular weight excluding hydrogens is 200 g/mol. The largest absolute Gasteiger partial charge is 0.336 e. The maximum Gasteiger partial charge on any atom is 0.185 e. The third kappa shape index (κ3) is 1.67. The summed E-state index contributed by atoms with van der Waals surface area (Å²) >= 11 is 5.75. The van der Waals surface area contributed by atoms with Gasteiger partial charge in [0, 0.05) is 5.02 Å². The molecule has 0 bridgehead atoms. The number of halogens is 1. The molecule has 3 nitrogen and oxygen atoms in total. The standard InChI is InChI=1S/C10H7ClN2O/c11-8-3-1-7(2-4-8)9-5-12-10(6-14)13-9/h1-6H,(H,12,13). The number of carbonyl (C=O) groups excluding carboxylic acids is 1. The third-order valence-corrected chi connectivity index (χ3v) is 2.11. The van der Waals surface area contributed by atoms with Gasteiger partial charge in [0.2, 0.25) is 0 Å². The molecule has 0 amide bonds. The van der Waals surface area contributed by atoms with Crippen molar-refractivity contribution in [3.05, 3.63) is 41.3 Å². The maximum absolute atomic E-state index is 10.4. The summed E-state index contributed by atoms with van der Waals surface area (Å²) in [5.74, 6) is 0.329. The molecule has 0 saturated carbocycles. The van der Waals surface area contributed by atoms with Crippen molar-refractivity contribution in [2.24, 2.45) is 0 Å².